The van der Waals surface area contributed by atoms with Crippen LogP contribution in [-0.4, -0.2) is 10.6 Å². The quantitative estimate of drug-likeness (QED) is 0.505. The van der Waals surface area contributed by atoms with Crippen molar-refractivity contribution in [1.29, 1.82) is 0 Å². The number of rotatable bonds is 4. The Morgan fingerprint density at radius 2 is 1.86 bits per heavy atom. The van der Waals surface area contributed by atoms with Crippen molar-refractivity contribution in [3.05, 3.63) is 68.2 Å². The normalized spacial score (nSPS) is 11.4. The first-order chi connectivity index (χ1) is 10.4. The van der Waals surface area contributed by atoms with Gasteiger partial charge in [0.05, 0.1) is 16.3 Å². The molecule has 22 heavy (non-hydrogen) atoms. The molecule has 0 saturated carbocycles. The molecule has 0 saturated heterocycles. The molecule has 0 spiro atoms. The Kier molecular flexibility index (Phi) is 4.78. The number of nitrogens with zero attached hydrogens (tertiary/aromatic N) is 2. The van der Waals surface area contributed by atoms with Crippen molar-refractivity contribution in [2.24, 2.45) is 5.10 Å². The molecule has 0 unspecified atom stereocenters. The first-order valence-electron chi connectivity index (χ1n) is 6.70. The third-order valence-electron chi connectivity index (χ3n) is 3.35. The number of nitro groups is 1. The van der Waals surface area contributed by atoms with Crippen LogP contribution in [0.4, 0.5) is 11.4 Å². The van der Waals surface area contributed by atoms with Crippen molar-refractivity contribution < 1.29 is 4.92 Å². The lowest BCUT2D eigenvalue weighted by molar-refractivity contribution is -0.385. The van der Waals surface area contributed by atoms with Crippen LogP contribution in [0.5, 0.6) is 0 Å². The van der Waals surface area contributed by atoms with Crippen molar-refractivity contribution in [3.8, 4) is 0 Å². The maximum atomic E-state index is 11.0. The van der Waals surface area contributed by atoms with Gasteiger partial charge in [0, 0.05) is 22.2 Å². The number of hydrogen-bond acceptors (Lipinski definition) is 4. The average molecular weight is 318 g/mol. The highest BCUT2D eigenvalue weighted by molar-refractivity contribution is 6.31. The largest absolute Gasteiger partial charge is 0.278 e. The van der Waals surface area contributed by atoms with Gasteiger partial charge in [-0.15, -0.1) is 0 Å². The summed E-state index contributed by atoms with van der Waals surface area (Å²) in [5.74, 6) is 0. The van der Waals surface area contributed by atoms with Gasteiger partial charge in [-0.05, 0) is 38.5 Å². The van der Waals surface area contributed by atoms with Gasteiger partial charge >= 0.3 is 0 Å². The summed E-state index contributed by atoms with van der Waals surface area (Å²) in [7, 11) is 0. The monoisotopic (exact) mass is 317 g/mol. The van der Waals surface area contributed by atoms with Gasteiger partial charge in [-0.25, -0.2) is 0 Å². The molecule has 0 radical (unpaired) electrons. The Morgan fingerprint density at radius 1 is 1.18 bits per heavy atom. The average Bonchev–Trinajstić information content (AvgIpc) is 2.48. The van der Waals surface area contributed by atoms with E-state index in [1.54, 1.807) is 26.0 Å². The molecular weight excluding hydrogens is 302 g/mol. The standard InChI is InChI=1S/C16H16ClN3O2/c1-10-5-7-14(9-15(10)17)19-18-12(3)13-6-4-11(2)16(8-13)20(21)22/h4-9,19H,1-3H3/b18-12-. The van der Waals surface area contributed by atoms with Crippen molar-refractivity contribution >= 4 is 28.7 Å². The fourth-order valence-electron chi connectivity index (χ4n) is 1.91. The van der Waals surface area contributed by atoms with Gasteiger partial charge in [0.1, 0.15) is 0 Å². The number of anilines is 1. The highest BCUT2D eigenvalue weighted by Crippen LogP contribution is 2.21. The van der Waals surface area contributed by atoms with Gasteiger partial charge in [-0.2, -0.15) is 5.10 Å². The predicted molar refractivity (Wildman–Crippen MR) is 89.9 cm³/mol. The fraction of sp³-hybridized carbons (Fsp3) is 0.188. The molecule has 2 aromatic carbocycles. The number of nitrogens with one attached hydrogen (secondary N) is 1. The summed E-state index contributed by atoms with van der Waals surface area (Å²) >= 11 is 6.06. The molecule has 0 aromatic heterocycles. The number of hydrazone groups is 1. The number of aryl methyl sites for hydroxylation is 2. The number of halogens is 1. The lowest BCUT2D eigenvalue weighted by Crippen LogP contribution is -2.02. The zero-order valence-corrected chi connectivity index (χ0v) is 13.3. The minimum atomic E-state index is -0.390. The molecule has 1 N–H and O–H groups in total. The first-order valence-corrected chi connectivity index (χ1v) is 7.08. The van der Waals surface area contributed by atoms with E-state index in [0.29, 0.717) is 21.9 Å². The Hall–Kier alpha value is -2.40. The molecule has 5 nitrogen and oxygen atoms in total. The molecule has 114 valence electrons. The van der Waals surface area contributed by atoms with Gasteiger partial charge in [0.15, 0.2) is 0 Å². The molecule has 0 heterocycles. The van der Waals surface area contributed by atoms with E-state index in [0.717, 1.165) is 11.3 Å². The summed E-state index contributed by atoms with van der Waals surface area (Å²) in [4.78, 5) is 10.6. The van der Waals surface area contributed by atoms with Crippen LogP contribution in [0.2, 0.25) is 5.02 Å². The topological polar surface area (TPSA) is 67.5 Å². The second-order valence-electron chi connectivity index (χ2n) is 5.03. The van der Waals surface area contributed by atoms with Gasteiger partial charge in [0.2, 0.25) is 0 Å². The van der Waals surface area contributed by atoms with Crippen LogP contribution in [-0.2, 0) is 0 Å². The van der Waals surface area contributed by atoms with Crippen LogP contribution in [0.15, 0.2) is 41.5 Å². The fourth-order valence-corrected chi connectivity index (χ4v) is 2.09. The van der Waals surface area contributed by atoms with Crippen LogP contribution in [0.3, 0.4) is 0 Å². The van der Waals surface area contributed by atoms with Gasteiger partial charge in [-0.3, -0.25) is 15.5 Å². The Balaban J connectivity index is 2.23. The van der Waals surface area contributed by atoms with Crippen LogP contribution in [0.1, 0.15) is 23.6 Å². The van der Waals surface area contributed by atoms with E-state index in [9.17, 15) is 10.1 Å². The molecule has 0 atom stereocenters. The Bertz CT molecular complexity index is 757. The van der Waals surface area contributed by atoms with E-state index in [2.05, 4.69) is 10.5 Å². The summed E-state index contributed by atoms with van der Waals surface area (Å²) in [6.07, 6.45) is 0. The lowest BCUT2D eigenvalue weighted by atomic mass is 10.1. The highest BCUT2D eigenvalue weighted by Gasteiger charge is 2.12. The molecule has 0 aliphatic heterocycles. The van der Waals surface area contributed by atoms with E-state index in [1.807, 2.05) is 25.1 Å². The van der Waals surface area contributed by atoms with Crippen molar-refractivity contribution in [1.82, 2.24) is 0 Å². The maximum Gasteiger partial charge on any atom is 0.272 e. The molecule has 2 rings (SSSR count). The van der Waals surface area contributed by atoms with Crippen LogP contribution in [0.25, 0.3) is 0 Å². The van der Waals surface area contributed by atoms with E-state index >= 15 is 0 Å². The minimum absolute atomic E-state index is 0.0884. The zero-order chi connectivity index (χ0) is 16.3. The van der Waals surface area contributed by atoms with Crippen LogP contribution < -0.4 is 5.43 Å². The van der Waals surface area contributed by atoms with Gasteiger partial charge in [-0.1, -0.05) is 29.8 Å². The Morgan fingerprint density at radius 3 is 2.50 bits per heavy atom. The molecule has 0 aliphatic rings. The Labute approximate surface area is 133 Å². The number of benzene rings is 2. The summed E-state index contributed by atoms with van der Waals surface area (Å²) < 4.78 is 0. The summed E-state index contributed by atoms with van der Waals surface area (Å²) in [5.41, 5.74) is 6.72. The third-order valence-corrected chi connectivity index (χ3v) is 3.76. The molecule has 0 bridgehead atoms. The molecule has 0 fully saturated rings. The van der Waals surface area contributed by atoms with E-state index in [1.165, 1.54) is 6.07 Å². The van der Waals surface area contributed by atoms with E-state index < -0.39 is 0 Å². The number of hydrogen-bond donors (Lipinski definition) is 1. The summed E-state index contributed by atoms with van der Waals surface area (Å²) in [5, 5.41) is 15.9. The molecule has 0 amide bonds. The molecular formula is C16H16ClN3O2. The SMILES string of the molecule is C/C(=N/Nc1ccc(C)c(Cl)c1)c1ccc(C)c([N+](=O)[O-])c1. The van der Waals surface area contributed by atoms with Crippen molar-refractivity contribution in [2.75, 3.05) is 5.43 Å². The summed E-state index contributed by atoms with van der Waals surface area (Å²) in [6, 6.07) is 10.6. The van der Waals surface area contributed by atoms with Crippen LogP contribution >= 0.6 is 11.6 Å². The van der Waals surface area contributed by atoms with Crippen molar-refractivity contribution in [3.63, 3.8) is 0 Å². The molecule has 0 aliphatic carbocycles. The van der Waals surface area contributed by atoms with E-state index in [-0.39, 0.29) is 10.6 Å². The number of nitro benzene ring substituents is 1. The summed E-state index contributed by atoms with van der Waals surface area (Å²) in [6.45, 7) is 5.42. The van der Waals surface area contributed by atoms with Gasteiger partial charge < -0.3 is 0 Å². The minimum Gasteiger partial charge on any atom is -0.278 e. The molecule has 2 aromatic rings. The predicted octanol–water partition coefficient (Wildman–Crippen LogP) is 4.70. The second kappa shape index (κ2) is 6.58. The first kappa shape index (κ1) is 16.0. The third kappa shape index (κ3) is 3.62. The van der Waals surface area contributed by atoms with E-state index in [4.69, 9.17) is 11.6 Å². The molecule has 6 heteroatoms. The van der Waals surface area contributed by atoms with Crippen LogP contribution in [0, 0.1) is 24.0 Å². The zero-order valence-electron chi connectivity index (χ0n) is 12.6. The maximum absolute atomic E-state index is 11.0. The van der Waals surface area contributed by atoms with Crippen molar-refractivity contribution in [2.45, 2.75) is 20.8 Å². The smallest absolute Gasteiger partial charge is 0.272 e. The second-order valence-corrected chi connectivity index (χ2v) is 5.44. The highest BCUT2D eigenvalue weighted by atomic mass is 35.5. The lowest BCUT2D eigenvalue weighted by Gasteiger charge is -2.06. The van der Waals surface area contributed by atoms with Gasteiger partial charge in [0.25, 0.3) is 5.69 Å².